The average molecular weight is 294 g/mol. The first-order valence-corrected chi connectivity index (χ1v) is 6.11. The van der Waals surface area contributed by atoms with Crippen LogP contribution in [-0.2, 0) is 0 Å². The number of nitrogens with zero attached hydrogens (tertiary/aromatic N) is 2. The van der Waals surface area contributed by atoms with E-state index in [1.54, 1.807) is 6.92 Å². The van der Waals surface area contributed by atoms with Gasteiger partial charge in [-0.05, 0) is 31.4 Å². The molecule has 0 saturated heterocycles. The number of rotatable bonds is 4. The lowest BCUT2D eigenvalue weighted by Gasteiger charge is -2.07. The smallest absolute Gasteiger partial charge is 0.184 e. The molecule has 0 heterocycles. The Kier molecular flexibility index (Phi) is 5.83. The van der Waals surface area contributed by atoms with E-state index in [0.29, 0.717) is 11.4 Å². The van der Waals surface area contributed by atoms with Gasteiger partial charge in [0.2, 0.25) is 0 Å². The van der Waals surface area contributed by atoms with Crippen LogP contribution in [0.2, 0.25) is 0 Å². The van der Waals surface area contributed by atoms with Crippen molar-refractivity contribution in [2.75, 3.05) is 0 Å². The van der Waals surface area contributed by atoms with Gasteiger partial charge in [0.1, 0.15) is 5.71 Å². The number of nitrogens with one attached hydrogen (secondary N) is 2. The second-order valence-corrected chi connectivity index (χ2v) is 4.36. The van der Waals surface area contributed by atoms with E-state index in [2.05, 4.69) is 33.3 Å². The normalized spacial score (nSPS) is 11.8. The molecule has 0 bridgehead atoms. The van der Waals surface area contributed by atoms with Crippen molar-refractivity contribution in [3.63, 3.8) is 0 Å². The van der Waals surface area contributed by atoms with Crippen LogP contribution in [0.25, 0.3) is 0 Å². The molecule has 1 aromatic carbocycles. The maximum Gasteiger partial charge on any atom is 0.184 e. The minimum Gasteiger partial charge on any atom is -0.375 e. The van der Waals surface area contributed by atoms with E-state index in [9.17, 15) is 0 Å². The summed E-state index contributed by atoms with van der Waals surface area (Å²) in [5.74, 6) is 0. The van der Waals surface area contributed by atoms with Crippen molar-refractivity contribution in [3.05, 3.63) is 35.9 Å². The second kappa shape index (κ2) is 7.39. The Morgan fingerprint density at radius 2 is 1.53 bits per heavy atom. The number of benzene rings is 1. The minimum absolute atomic E-state index is 0.0727. The third kappa shape index (κ3) is 5.40. The molecule has 0 saturated carbocycles. The summed E-state index contributed by atoms with van der Waals surface area (Å²) in [4.78, 5) is 0. The molecule has 6 nitrogen and oxygen atoms in total. The summed E-state index contributed by atoms with van der Waals surface area (Å²) in [5.41, 5.74) is 17.7. The highest BCUT2D eigenvalue weighted by atomic mass is 32.1. The molecule has 0 unspecified atom stereocenters. The maximum atomic E-state index is 5.36. The van der Waals surface area contributed by atoms with Crippen molar-refractivity contribution in [1.29, 1.82) is 0 Å². The van der Waals surface area contributed by atoms with Crippen LogP contribution in [0.1, 0.15) is 12.5 Å². The predicted octanol–water partition coefficient (Wildman–Crippen LogP) is 0.433. The molecule has 1 rings (SSSR count). The fourth-order valence-electron chi connectivity index (χ4n) is 1.25. The molecular formula is C11H14N6S2. The van der Waals surface area contributed by atoms with Gasteiger partial charge in [-0.2, -0.15) is 10.2 Å². The van der Waals surface area contributed by atoms with Gasteiger partial charge >= 0.3 is 0 Å². The summed E-state index contributed by atoms with van der Waals surface area (Å²) in [6, 6.07) is 9.46. The van der Waals surface area contributed by atoms with Gasteiger partial charge in [0.15, 0.2) is 10.2 Å². The molecule has 0 aliphatic heterocycles. The molecule has 0 radical (unpaired) electrons. The standard InChI is InChI=1S/C11H14N6S2/c1-7(14-16-10(12)18)9(15-17-11(13)19)8-5-3-2-4-6-8/h2-6H,1H3,(H3,12,16,18)(H3,13,17,19)/b14-7+,15-9+. The Balaban J connectivity index is 3.06. The molecule has 100 valence electrons. The first kappa shape index (κ1) is 15.0. The molecule has 19 heavy (non-hydrogen) atoms. The van der Waals surface area contributed by atoms with Crippen molar-refractivity contribution in [2.24, 2.45) is 21.7 Å². The molecule has 0 spiro atoms. The van der Waals surface area contributed by atoms with Crippen LogP contribution >= 0.6 is 24.4 Å². The molecule has 8 heteroatoms. The number of nitrogens with two attached hydrogens (primary N) is 2. The third-order valence-electron chi connectivity index (χ3n) is 2.00. The fourth-order valence-corrected chi connectivity index (χ4v) is 1.34. The summed E-state index contributed by atoms with van der Waals surface area (Å²) in [6.07, 6.45) is 0. The molecule has 0 aromatic heterocycles. The van der Waals surface area contributed by atoms with E-state index in [0.717, 1.165) is 5.56 Å². The molecule has 1 aromatic rings. The average Bonchev–Trinajstić information content (AvgIpc) is 2.37. The lowest BCUT2D eigenvalue weighted by molar-refractivity contribution is 1.02. The van der Waals surface area contributed by atoms with Gasteiger partial charge in [-0.3, -0.25) is 10.9 Å². The largest absolute Gasteiger partial charge is 0.375 e. The molecule has 6 N–H and O–H groups in total. The van der Waals surface area contributed by atoms with Gasteiger partial charge in [-0.15, -0.1) is 0 Å². The van der Waals surface area contributed by atoms with Crippen LogP contribution in [0, 0.1) is 0 Å². The van der Waals surface area contributed by atoms with Gasteiger partial charge in [0.05, 0.1) is 5.71 Å². The first-order chi connectivity index (χ1) is 9.00. The number of thiocarbonyl (C=S) groups is 2. The van der Waals surface area contributed by atoms with Crippen LogP contribution in [0.15, 0.2) is 40.5 Å². The lowest BCUT2D eigenvalue weighted by atomic mass is 10.1. The van der Waals surface area contributed by atoms with Crippen molar-refractivity contribution < 1.29 is 0 Å². The Hall–Kier alpha value is -2.06. The topological polar surface area (TPSA) is 101 Å². The summed E-state index contributed by atoms with van der Waals surface area (Å²) in [5, 5.41) is 8.29. The van der Waals surface area contributed by atoms with E-state index >= 15 is 0 Å². The number of hydrogen-bond donors (Lipinski definition) is 4. The molecule has 0 aliphatic rings. The predicted molar refractivity (Wildman–Crippen MR) is 85.9 cm³/mol. The van der Waals surface area contributed by atoms with E-state index < -0.39 is 0 Å². The quantitative estimate of drug-likeness (QED) is 0.365. The van der Waals surface area contributed by atoms with Crippen LogP contribution in [0.3, 0.4) is 0 Å². The SMILES string of the molecule is CC(=N\NC(N)=S)/C(=N\NC(N)=S)c1ccccc1. The lowest BCUT2D eigenvalue weighted by Crippen LogP contribution is -2.30. The molecule has 0 fully saturated rings. The van der Waals surface area contributed by atoms with E-state index in [1.807, 2.05) is 30.3 Å². The Bertz CT molecular complexity index is 523. The zero-order chi connectivity index (χ0) is 14.3. The van der Waals surface area contributed by atoms with Crippen molar-refractivity contribution in [1.82, 2.24) is 10.9 Å². The van der Waals surface area contributed by atoms with Crippen LogP contribution < -0.4 is 22.3 Å². The first-order valence-electron chi connectivity index (χ1n) is 5.29. The van der Waals surface area contributed by atoms with Crippen LogP contribution in [0.5, 0.6) is 0 Å². The van der Waals surface area contributed by atoms with Crippen molar-refractivity contribution in [2.45, 2.75) is 6.92 Å². The minimum atomic E-state index is 0.0727. The Morgan fingerprint density at radius 3 is 2.05 bits per heavy atom. The number of hydrogen-bond acceptors (Lipinski definition) is 4. The monoisotopic (exact) mass is 294 g/mol. The van der Waals surface area contributed by atoms with Gasteiger partial charge in [0.25, 0.3) is 0 Å². The highest BCUT2D eigenvalue weighted by molar-refractivity contribution is 7.80. The summed E-state index contributed by atoms with van der Waals surface area (Å²) in [6.45, 7) is 1.76. The Labute approximate surface area is 121 Å². The highest BCUT2D eigenvalue weighted by Crippen LogP contribution is 2.02. The highest BCUT2D eigenvalue weighted by Gasteiger charge is 2.07. The molecule has 0 atom stereocenters. The van der Waals surface area contributed by atoms with E-state index in [1.165, 1.54) is 0 Å². The van der Waals surface area contributed by atoms with Gasteiger partial charge in [-0.25, -0.2) is 0 Å². The summed E-state index contributed by atoms with van der Waals surface area (Å²) >= 11 is 9.41. The molecule has 0 aliphatic carbocycles. The zero-order valence-corrected chi connectivity index (χ0v) is 11.9. The third-order valence-corrected chi connectivity index (χ3v) is 2.18. The number of hydrazone groups is 2. The van der Waals surface area contributed by atoms with Gasteiger partial charge in [0, 0.05) is 5.56 Å². The maximum absolute atomic E-state index is 5.36. The van der Waals surface area contributed by atoms with Crippen molar-refractivity contribution >= 4 is 46.1 Å². The zero-order valence-electron chi connectivity index (χ0n) is 10.3. The van der Waals surface area contributed by atoms with Crippen LogP contribution in [0.4, 0.5) is 0 Å². The van der Waals surface area contributed by atoms with Gasteiger partial charge in [-0.1, -0.05) is 30.3 Å². The van der Waals surface area contributed by atoms with E-state index in [4.69, 9.17) is 23.7 Å². The summed E-state index contributed by atoms with van der Waals surface area (Å²) < 4.78 is 0. The molecular weight excluding hydrogens is 280 g/mol. The van der Waals surface area contributed by atoms with E-state index in [-0.39, 0.29) is 10.2 Å². The summed E-state index contributed by atoms with van der Waals surface area (Å²) in [7, 11) is 0. The Morgan fingerprint density at radius 1 is 1.00 bits per heavy atom. The van der Waals surface area contributed by atoms with Crippen LogP contribution in [-0.4, -0.2) is 21.6 Å². The second-order valence-electron chi connectivity index (χ2n) is 3.48. The molecule has 0 amide bonds. The van der Waals surface area contributed by atoms with Crippen molar-refractivity contribution in [3.8, 4) is 0 Å². The van der Waals surface area contributed by atoms with Gasteiger partial charge < -0.3 is 11.5 Å². The fraction of sp³-hybridized carbons (Fsp3) is 0.0909.